The molecule has 4 rings (SSSR count). The molecule has 4 aromatic carbocycles. The van der Waals surface area contributed by atoms with Gasteiger partial charge in [0.2, 0.25) is 0 Å². The molecule has 0 atom stereocenters. The van der Waals surface area contributed by atoms with Crippen molar-refractivity contribution < 1.29 is 19.8 Å². The smallest absolute Gasteiger partial charge is 0.335 e. The molecule has 2 N–H and O–H groups in total. The molecule has 0 saturated heterocycles. The van der Waals surface area contributed by atoms with Gasteiger partial charge in [-0.25, -0.2) is 9.59 Å². The topological polar surface area (TPSA) is 74.6 Å². The summed E-state index contributed by atoms with van der Waals surface area (Å²) >= 11 is 0. The molecule has 0 aliphatic heterocycles. The highest BCUT2D eigenvalue weighted by Crippen LogP contribution is 2.29. The minimum Gasteiger partial charge on any atom is -0.478 e. The lowest BCUT2D eigenvalue weighted by Crippen LogP contribution is -1.95. The van der Waals surface area contributed by atoms with Crippen LogP contribution in [0.5, 0.6) is 0 Å². The third kappa shape index (κ3) is 3.35. The van der Waals surface area contributed by atoms with Gasteiger partial charge in [0.05, 0.1) is 11.1 Å². The van der Waals surface area contributed by atoms with Crippen LogP contribution in [0.15, 0.2) is 84.9 Å². The van der Waals surface area contributed by atoms with E-state index >= 15 is 0 Å². The maximum Gasteiger partial charge on any atom is 0.335 e. The van der Waals surface area contributed by atoms with Crippen LogP contribution in [0.3, 0.4) is 0 Å². The number of benzene rings is 4. The van der Waals surface area contributed by atoms with E-state index in [0.717, 1.165) is 33.0 Å². The predicted molar refractivity (Wildman–Crippen MR) is 109 cm³/mol. The molecular formula is C24H16O4. The van der Waals surface area contributed by atoms with E-state index in [9.17, 15) is 9.59 Å². The Hall–Kier alpha value is -3.92. The molecule has 0 heterocycles. The maximum atomic E-state index is 11.0. The van der Waals surface area contributed by atoms with Crippen LogP contribution in [-0.2, 0) is 0 Å². The fraction of sp³-hybridized carbons (Fsp3) is 0. The summed E-state index contributed by atoms with van der Waals surface area (Å²) in [4.78, 5) is 22.0. The van der Waals surface area contributed by atoms with Gasteiger partial charge in [0.1, 0.15) is 0 Å². The summed E-state index contributed by atoms with van der Waals surface area (Å²) in [5, 5.41) is 20.2. The van der Waals surface area contributed by atoms with Gasteiger partial charge < -0.3 is 10.2 Å². The first-order valence-electron chi connectivity index (χ1n) is 8.72. The van der Waals surface area contributed by atoms with E-state index in [2.05, 4.69) is 12.1 Å². The zero-order valence-electron chi connectivity index (χ0n) is 14.8. The Kier molecular flexibility index (Phi) is 4.38. The van der Waals surface area contributed by atoms with E-state index in [1.807, 2.05) is 48.5 Å². The van der Waals surface area contributed by atoms with E-state index in [1.54, 1.807) is 24.3 Å². The van der Waals surface area contributed by atoms with E-state index in [-0.39, 0.29) is 11.1 Å². The monoisotopic (exact) mass is 368 g/mol. The molecule has 4 heteroatoms. The van der Waals surface area contributed by atoms with E-state index in [4.69, 9.17) is 10.2 Å². The van der Waals surface area contributed by atoms with Crippen LogP contribution in [0.1, 0.15) is 20.7 Å². The van der Waals surface area contributed by atoms with Crippen molar-refractivity contribution in [3.63, 3.8) is 0 Å². The highest BCUT2D eigenvalue weighted by Gasteiger charge is 2.06. The lowest BCUT2D eigenvalue weighted by molar-refractivity contribution is 0.0686. The van der Waals surface area contributed by atoms with Crippen molar-refractivity contribution in [2.75, 3.05) is 0 Å². The first-order valence-corrected chi connectivity index (χ1v) is 8.72. The normalized spacial score (nSPS) is 10.7. The summed E-state index contributed by atoms with van der Waals surface area (Å²) in [6.07, 6.45) is 0. The van der Waals surface area contributed by atoms with Gasteiger partial charge in [-0.3, -0.25) is 0 Å². The minimum absolute atomic E-state index is 0.267. The largest absolute Gasteiger partial charge is 0.478 e. The highest BCUT2D eigenvalue weighted by atomic mass is 16.4. The molecule has 4 aromatic rings. The molecule has 0 spiro atoms. The SMILES string of the molecule is O=C(O)c1ccc(-c2ccc3cc(-c4ccc(C(=O)O)cc4)ccc3c2)cc1. The van der Waals surface area contributed by atoms with Gasteiger partial charge in [0, 0.05) is 0 Å². The Morgan fingerprint density at radius 2 is 0.786 bits per heavy atom. The second-order valence-corrected chi connectivity index (χ2v) is 6.54. The van der Waals surface area contributed by atoms with Crippen LogP contribution in [0.2, 0.25) is 0 Å². The van der Waals surface area contributed by atoms with Gasteiger partial charge in [0.25, 0.3) is 0 Å². The molecule has 136 valence electrons. The molecule has 0 radical (unpaired) electrons. The molecule has 0 bridgehead atoms. The molecule has 0 aromatic heterocycles. The standard InChI is InChI=1S/C24H16O4/c25-23(26)17-5-1-15(2-6-17)19-9-11-22-14-20(10-12-21(22)13-19)16-3-7-18(8-4-16)24(27)28/h1-14H,(H,25,26)(H,27,28). The number of carbonyl (C=O) groups is 2. The number of aromatic carboxylic acids is 2. The molecule has 0 aliphatic carbocycles. The zero-order valence-corrected chi connectivity index (χ0v) is 14.8. The minimum atomic E-state index is -0.936. The van der Waals surface area contributed by atoms with Crippen molar-refractivity contribution >= 4 is 22.7 Å². The van der Waals surface area contributed by atoms with Crippen molar-refractivity contribution in [3.05, 3.63) is 96.1 Å². The van der Waals surface area contributed by atoms with Crippen molar-refractivity contribution in [3.8, 4) is 22.3 Å². The van der Waals surface area contributed by atoms with E-state index in [0.29, 0.717) is 0 Å². The summed E-state index contributed by atoms with van der Waals surface area (Å²) in [5.74, 6) is -1.87. The number of hydrogen-bond donors (Lipinski definition) is 2. The quantitative estimate of drug-likeness (QED) is 0.494. The van der Waals surface area contributed by atoms with Gasteiger partial charge in [-0.2, -0.15) is 0 Å². The van der Waals surface area contributed by atoms with Gasteiger partial charge in [-0.1, -0.05) is 48.5 Å². The Morgan fingerprint density at radius 1 is 0.464 bits per heavy atom. The molecule has 0 unspecified atom stereocenters. The van der Waals surface area contributed by atoms with Gasteiger partial charge in [-0.15, -0.1) is 0 Å². The fourth-order valence-corrected chi connectivity index (χ4v) is 3.22. The van der Waals surface area contributed by atoms with Crippen LogP contribution < -0.4 is 0 Å². The molecule has 0 aliphatic rings. The van der Waals surface area contributed by atoms with Crippen molar-refractivity contribution in [1.82, 2.24) is 0 Å². The fourth-order valence-electron chi connectivity index (χ4n) is 3.22. The number of rotatable bonds is 4. The van der Waals surface area contributed by atoms with Crippen LogP contribution in [0.25, 0.3) is 33.0 Å². The lowest BCUT2D eigenvalue weighted by Gasteiger charge is -2.08. The molecule has 4 nitrogen and oxygen atoms in total. The molecular weight excluding hydrogens is 352 g/mol. The average molecular weight is 368 g/mol. The van der Waals surface area contributed by atoms with Crippen molar-refractivity contribution in [2.24, 2.45) is 0 Å². The number of carboxylic acid groups (broad SMARTS) is 2. The van der Waals surface area contributed by atoms with Crippen LogP contribution in [0.4, 0.5) is 0 Å². The van der Waals surface area contributed by atoms with E-state index < -0.39 is 11.9 Å². The second-order valence-electron chi connectivity index (χ2n) is 6.54. The average Bonchev–Trinajstić information content (AvgIpc) is 2.73. The molecule has 0 fully saturated rings. The van der Waals surface area contributed by atoms with Crippen LogP contribution in [0, 0.1) is 0 Å². The Bertz CT molecular complexity index is 1090. The Balaban J connectivity index is 1.67. The maximum absolute atomic E-state index is 11.0. The highest BCUT2D eigenvalue weighted by molar-refractivity contribution is 5.92. The summed E-state index contributed by atoms with van der Waals surface area (Å²) in [6, 6.07) is 25.9. The van der Waals surface area contributed by atoms with Crippen LogP contribution >= 0.6 is 0 Å². The molecule has 0 amide bonds. The Morgan fingerprint density at radius 3 is 1.11 bits per heavy atom. The summed E-state index contributed by atoms with van der Waals surface area (Å²) < 4.78 is 0. The first-order chi connectivity index (χ1) is 13.5. The van der Waals surface area contributed by atoms with E-state index in [1.165, 1.54) is 0 Å². The van der Waals surface area contributed by atoms with Crippen molar-refractivity contribution in [1.29, 1.82) is 0 Å². The third-order valence-electron chi connectivity index (χ3n) is 4.77. The third-order valence-corrected chi connectivity index (χ3v) is 4.77. The number of fused-ring (bicyclic) bond motifs is 1. The van der Waals surface area contributed by atoms with Crippen molar-refractivity contribution in [2.45, 2.75) is 0 Å². The summed E-state index contributed by atoms with van der Waals surface area (Å²) in [5.41, 5.74) is 4.48. The van der Waals surface area contributed by atoms with Gasteiger partial charge >= 0.3 is 11.9 Å². The lowest BCUT2D eigenvalue weighted by atomic mass is 9.97. The van der Waals surface area contributed by atoms with Gasteiger partial charge in [0.15, 0.2) is 0 Å². The number of carboxylic acids is 2. The summed E-state index contributed by atoms with van der Waals surface area (Å²) in [6.45, 7) is 0. The molecule has 0 saturated carbocycles. The van der Waals surface area contributed by atoms with Gasteiger partial charge in [-0.05, 0) is 69.4 Å². The Labute approximate surface area is 161 Å². The van der Waals surface area contributed by atoms with Crippen LogP contribution in [-0.4, -0.2) is 22.2 Å². The first kappa shape index (κ1) is 17.5. The predicted octanol–water partition coefficient (Wildman–Crippen LogP) is 5.57. The summed E-state index contributed by atoms with van der Waals surface area (Å²) in [7, 11) is 0. The zero-order chi connectivity index (χ0) is 19.7. The number of hydrogen-bond acceptors (Lipinski definition) is 2. The second kappa shape index (κ2) is 7.00. The molecule has 28 heavy (non-hydrogen) atoms.